The van der Waals surface area contributed by atoms with Crippen molar-refractivity contribution in [1.82, 2.24) is 0 Å². The van der Waals surface area contributed by atoms with Crippen molar-refractivity contribution in [2.75, 3.05) is 26.9 Å². The molecule has 0 atom stereocenters. The van der Waals surface area contributed by atoms with Crippen molar-refractivity contribution in [3.8, 4) is 28.4 Å². The summed E-state index contributed by atoms with van der Waals surface area (Å²) in [7, 11) is 1.64. The molecule has 4 heteroatoms. The van der Waals surface area contributed by atoms with Gasteiger partial charge in [0.05, 0.1) is 7.11 Å². The van der Waals surface area contributed by atoms with E-state index in [1.807, 2.05) is 48.5 Å². The van der Waals surface area contributed by atoms with E-state index in [9.17, 15) is 0 Å². The maximum Gasteiger partial charge on any atom is 0.164 e. The van der Waals surface area contributed by atoms with E-state index in [-0.39, 0.29) is 0 Å². The van der Waals surface area contributed by atoms with Gasteiger partial charge in [-0.05, 0) is 47.9 Å². The van der Waals surface area contributed by atoms with E-state index in [2.05, 4.69) is 24.3 Å². The summed E-state index contributed by atoms with van der Waals surface area (Å²) in [6.07, 6.45) is 0.744. The molecule has 0 aliphatic heterocycles. The summed E-state index contributed by atoms with van der Waals surface area (Å²) in [6.45, 7) is 1.44. The second-order valence-electron chi connectivity index (χ2n) is 6.07. The van der Waals surface area contributed by atoms with E-state index in [0.29, 0.717) is 25.5 Å². The average Bonchev–Trinajstić information content (AvgIpc) is 2.73. The number of ether oxygens (including phenoxy) is 3. The zero-order valence-electron chi connectivity index (χ0n) is 15.6. The number of rotatable bonds is 9. The number of nitrogens with two attached hydrogens (primary N) is 1. The third kappa shape index (κ3) is 5.02. The monoisotopic (exact) mass is 363 g/mol. The summed E-state index contributed by atoms with van der Waals surface area (Å²) < 4.78 is 17.1. The molecular weight excluding hydrogens is 338 g/mol. The third-order valence-electron chi connectivity index (χ3n) is 4.25. The van der Waals surface area contributed by atoms with E-state index < -0.39 is 0 Å². The second kappa shape index (κ2) is 9.64. The topological polar surface area (TPSA) is 53.7 Å². The van der Waals surface area contributed by atoms with Crippen LogP contribution in [0, 0.1) is 0 Å². The van der Waals surface area contributed by atoms with Crippen LogP contribution in [0.5, 0.6) is 17.2 Å². The highest BCUT2D eigenvalue weighted by molar-refractivity contribution is 5.63. The average molecular weight is 363 g/mol. The van der Waals surface area contributed by atoms with Crippen molar-refractivity contribution in [2.24, 2.45) is 5.73 Å². The van der Waals surface area contributed by atoms with Crippen LogP contribution in [0.2, 0.25) is 0 Å². The van der Waals surface area contributed by atoms with Crippen molar-refractivity contribution < 1.29 is 14.2 Å². The van der Waals surface area contributed by atoms with Gasteiger partial charge in [-0.2, -0.15) is 0 Å². The maximum atomic E-state index is 5.92. The third-order valence-corrected chi connectivity index (χ3v) is 4.25. The van der Waals surface area contributed by atoms with Crippen LogP contribution in [0.25, 0.3) is 11.1 Å². The highest BCUT2D eigenvalue weighted by Crippen LogP contribution is 2.31. The maximum absolute atomic E-state index is 5.92. The van der Waals surface area contributed by atoms with Gasteiger partial charge < -0.3 is 19.9 Å². The van der Waals surface area contributed by atoms with Gasteiger partial charge in [0, 0.05) is 0 Å². The van der Waals surface area contributed by atoms with Crippen LogP contribution in [0.15, 0.2) is 72.8 Å². The molecule has 0 amide bonds. The van der Waals surface area contributed by atoms with Crippen molar-refractivity contribution in [2.45, 2.75) is 6.42 Å². The van der Waals surface area contributed by atoms with Crippen molar-refractivity contribution in [3.05, 3.63) is 78.4 Å². The molecule has 0 aliphatic carbocycles. The van der Waals surface area contributed by atoms with Crippen LogP contribution >= 0.6 is 0 Å². The molecule has 3 rings (SSSR count). The lowest BCUT2D eigenvalue weighted by Crippen LogP contribution is -2.12. The number of hydrogen-bond donors (Lipinski definition) is 1. The fraction of sp³-hybridized carbons (Fsp3) is 0.217. The first-order chi connectivity index (χ1) is 13.3. The molecule has 4 nitrogen and oxygen atoms in total. The molecule has 0 aliphatic rings. The van der Waals surface area contributed by atoms with Gasteiger partial charge in [0.15, 0.2) is 11.5 Å². The lowest BCUT2D eigenvalue weighted by Gasteiger charge is -2.15. The zero-order chi connectivity index (χ0) is 18.9. The standard InChI is InChI=1S/C23H25NO3/c1-25-22-9-5-8-20(14-15-24)23(22)27-17-16-26-21-12-10-19(11-13-21)18-6-3-2-4-7-18/h2-13H,14-17,24H2,1H3. The number of hydrogen-bond acceptors (Lipinski definition) is 4. The smallest absolute Gasteiger partial charge is 0.164 e. The first kappa shape index (κ1) is 18.8. The molecule has 0 radical (unpaired) electrons. The fourth-order valence-electron chi connectivity index (χ4n) is 2.92. The number of benzene rings is 3. The van der Waals surface area contributed by atoms with Gasteiger partial charge in [-0.25, -0.2) is 0 Å². The molecule has 0 spiro atoms. The Bertz CT molecular complexity index is 832. The van der Waals surface area contributed by atoms with E-state index in [0.717, 1.165) is 23.5 Å². The highest BCUT2D eigenvalue weighted by atomic mass is 16.5. The number of methoxy groups -OCH3 is 1. The van der Waals surface area contributed by atoms with E-state index in [1.165, 1.54) is 11.1 Å². The summed E-state index contributed by atoms with van der Waals surface area (Å²) in [5.41, 5.74) is 9.09. The van der Waals surface area contributed by atoms with Crippen molar-refractivity contribution >= 4 is 0 Å². The Morgan fingerprint density at radius 2 is 1.44 bits per heavy atom. The normalized spacial score (nSPS) is 10.4. The predicted octanol–water partition coefficient (Wildman–Crippen LogP) is 4.32. The minimum Gasteiger partial charge on any atom is -0.493 e. The van der Waals surface area contributed by atoms with Crippen LogP contribution in [-0.4, -0.2) is 26.9 Å². The lowest BCUT2D eigenvalue weighted by atomic mass is 10.1. The Balaban J connectivity index is 1.55. The summed E-state index contributed by atoms with van der Waals surface area (Å²) >= 11 is 0. The molecule has 0 fully saturated rings. The van der Waals surface area contributed by atoms with Gasteiger partial charge in [0.1, 0.15) is 19.0 Å². The van der Waals surface area contributed by atoms with Crippen LogP contribution in [-0.2, 0) is 6.42 Å². The molecule has 140 valence electrons. The van der Waals surface area contributed by atoms with Crippen LogP contribution in [0.4, 0.5) is 0 Å². The minimum atomic E-state index is 0.429. The van der Waals surface area contributed by atoms with Gasteiger partial charge >= 0.3 is 0 Å². The van der Waals surface area contributed by atoms with Crippen LogP contribution in [0.3, 0.4) is 0 Å². The van der Waals surface area contributed by atoms with Crippen molar-refractivity contribution in [3.63, 3.8) is 0 Å². The molecule has 0 heterocycles. The predicted molar refractivity (Wildman–Crippen MR) is 109 cm³/mol. The summed E-state index contributed by atoms with van der Waals surface area (Å²) in [5, 5.41) is 0. The minimum absolute atomic E-state index is 0.429. The largest absolute Gasteiger partial charge is 0.493 e. The summed E-state index contributed by atoms with van der Waals surface area (Å²) in [5.74, 6) is 2.28. The van der Waals surface area contributed by atoms with Gasteiger partial charge in [-0.1, -0.05) is 54.6 Å². The molecule has 0 aromatic heterocycles. The molecule has 27 heavy (non-hydrogen) atoms. The van der Waals surface area contributed by atoms with Gasteiger partial charge in [-0.15, -0.1) is 0 Å². The molecule has 3 aromatic carbocycles. The summed E-state index contributed by atoms with van der Waals surface area (Å²) in [4.78, 5) is 0. The molecule has 0 unspecified atom stereocenters. The van der Waals surface area contributed by atoms with Gasteiger partial charge in [-0.3, -0.25) is 0 Å². The van der Waals surface area contributed by atoms with Gasteiger partial charge in [0.2, 0.25) is 0 Å². The molecule has 0 saturated carbocycles. The molecule has 0 saturated heterocycles. The Morgan fingerprint density at radius 1 is 0.741 bits per heavy atom. The number of para-hydroxylation sites is 1. The van der Waals surface area contributed by atoms with Crippen molar-refractivity contribution in [1.29, 1.82) is 0 Å². The molecular formula is C23H25NO3. The molecule has 2 N–H and O–H groups in total. The zero-order valence-corrected chi connectivity index (χ0v) is 15.6. The Kier molecular flexibility index (Phi) is 6.72. The second-order valence-corrected chi connectivity index (χ2v) is 6.07. The quantitative estimate of drug-likeness (QED) is 0.575. The Morgan fingerprint density at radius 3 is 2.15 bits per heavy atom. The SMILES string of the molecule is COc1cccc(CCN)c1OCCOc1ccc(-c2ccccc2)cc1. The van der Waals surface area contributed by atoms with Crippen LogP contribution in [0.1, 0.15) is 5.56 Å². The van der Waals surface area contributed by atoms with Crippen LogP contribution < -0.4 is 19.9 Å². The fourth-order valence-corrected chi connectivity index (χ4v) is 2.92. The van der Waals surface area contributed by atoms with E-state index >= 15 is 0 Å². The molecule has 0 bridgehead atoms. The van der Waals surface area contributed by atoms with E-state index in [1.54, 1.807) is 7.11 Å². The highest BCUT2D eigenvalue weighted by Gasteiger charge is 2.10. The Hall–Kier alpha value is -2.98. The molecule has 3 aromatic rings. The summed E-state index contributed by atoms with van der Waals surface area (Å²) in [6, 6.07) is 24.2. The first-order valence-electron chi connectivity index (χ1n) is 9.09. The first-order valence-corrected chi connectivity index (χ1v) is 9.09. The van der Waals surface area contributed by atoms with E-state index in [4.69, 9.17) is 19.9 Å². The van der Waals surface area contributed by atoms with Gasteiger partial charge in [0.25, 0.3) is 0 Å². The Labute approximate surface area is 160 Å². The lowest BCUT2D eigenvalue weighted by molar-refractivity contribution is 0.210.